The highest BCUT2D eigenvalue weighted by atomic mass is 32.1. The summed E-state index contributed by atoms with van der Waals surface area (Å²) in [5.74, 6) is 1.67. The molecule has 0 amide bonds. The van der Waals surface area contributed by atoms with Crippen LogP contribution >= 0.6 is 11.3 Å². The predicted molar refractivity (Wildman–Crippen MR) is 89.2 cm³/mol. The van der Waals surface area contributed by atoms with Crippen LogP contribution in [0.1, 0.15) is 67.9 Å². The maximum Gasteiger partial charge on any atom is 0.185 e. The van der Waals surface area contributed by atoms with Gasteiger partial charge in [-0.05, 0) is 44.4 Å². The predicted octanol–water partition coefficient (Wildman–Crippen LogP) is 3.90. The van der Waals surface area contributed by atoms with E-state index < -0.39 is 0 Å². The zero-order chi connectivity index (χ0) is 14.2. The van der Waals surface area contributed by atoms with Crippen molar-refractivity contribution in [3.8, 4) is 0 Å². The van der Waals surface area contributed by atoms with Gasteiger partial charge in [0, 0.05) is 37.0 Å². The van der Waals surface area contributed by atoms with Crippen molar-refractivity contribution in [3.63, 3.8) is 0 Å². The third kappa shape index (κ3) is 3.42. The fraction of sp³-hybridized carbons (Fsp3) is 0.824. The van der Waals surface area contributed by atoms with Gasteiger partial charge in [0.05, 0.1) is 5.69 Å². The summed E-state index contributed by atoms with van der Waals surface area (Å²) in [6.45, 7) is 2.25. The monoisotopic (exact) mass is 305 g/mol. The molecule has 3 aliphatic carbocycles. The number of anilines is 1. The largest absolute Gasteiger partial charge is 0.351 e. The molecule has 3 saturated carbocycles. The third-order valence-corrected chi connectivity index (χ3v) is 6.33. The lowest BCUT2D eigenvalue weighted by molar-refractivity contribution is 0.546. The van der Waals surface area contributed by atoms with Gasteiger partial charge in [0.15, 0.2) is 5.13 Å². The summed E-state index contributed by atoms with van der Waals surface area (Å²) in [6, 6.07) is 0.791. The number of thiazole rings is 1. The van der Waals surface area contributed by atoms with Crippen molar-refractivity contribution in [3.05, 3.63) is 10.6 Å². The van der Waals surface area contributed by atoms with E-state index in [2.05, 4.69) is 17.3 Å². The number of nitrogens with zero attached hydrogens (tertiary/aromatic N) is 2. The molecular weight excluding hydrogens is 278 g/mol. The summed E-state index contributed by atoms with van der Waals surface area (Å²) < 4.78 is 0. The Labute approximate surface area is 132 Å². The molecule has 1 aromatic rings. The number of nitrogens with one attached hydrogen (secondary N) is 1. The molecule has 3 aliphatic rings. The van der Waals surface area contributed by atoms with Crippen LogP contribution in [-0.2, 0) is 6.54 Å². The van der Waals surface area contributed by atoms with Gasteiger partial charge in [0.25, 0.3) is 0 Å². The van der Waals surface area contributed by atoms with Crippen molar-refractivity contribution in [2.75, 3.05) is 18.5 Å². The average molecular weight is 305 g/mol. The van der Waals surface area contributed by atoms with Crippen LogP contribution in [0.4, 0.5) is 5.13 Å². The molecule has 0 radical (unpaired) electrons. The lowest BCUT2D eigenvalue weighted by atomic mass is 10.1. The molecule has 1 aromatic heterocycles. The van der Waals surface area contributed by atoms with E-state index in [1.54, 1.807) is 0 Å². The van der Waals surface area contributed by atoms with Crippen molar-refractivity contribution < 1.29 is 0 Å². The van der Waals surface area contributed by atoms with Crippen molar-refractivity contribution >= 4 is 16.5 Å². The van der Waals surface area contributed by atoms with E-state index in [9.17, 15) is 0 Å². The fourth-order valence-corrected chi connectivity index (χ4v) is 4.57. The Kier molecular flexibility index (Phi) is 3.92. The van der Waals surface area contributed by atoms with Crippen molar-refractivity contribution in [1.82, 2.24) is 10.3 Å². The van der Waals surface area contributed by atoms with Crippen LogP contribution in [0.3, 0.4) is 0 Å². The number of hydrogen-bond acceptors (Lipinski definition) is 4. The van der Waals surface area contributed by atoms with Crippen molar-refractivity contribution in [2.24, 2.45) is 5.92 Å². The van der Waals surface area contributed by atoms with Gasteiger partial charge in [-0.3, -0.25) is 0 Å². The van der Waals surface area contributed by atoms with E-state index in [1.807, 2.05) is 11.3 Å². The second kappa shape index (κ2) is 5.88. The summed E-state index contributed by atoms with van der Waals surface area (Å²) in [4.78, 5) is 8.95. The van der Waals surface area contributed by atoms with Crippen LogP contribution in [0.25, 0.3) is 0 Å². The van der Waals surface area contributed by atoms with E-state index in [0.717, 1.165) is 24.4 Å². The van der Waals surface area contributed by atoms with Crippen LogP contribution < -0.4 is 10.2 Å². The molecule has 3 fully saturated rings. The summed E-state index contributed by atoms with van der Waals surface area (Å²) in [7, 11) is 2.24. The van der Waals surface area contributed by atoms with Gasteiger partial charge in [-0.2, -0.15) is 0 Å². The quantitative estimate of drug-likeness (QED) is 0.828. The second-order valence-electron chi connectivity index (χ2n) is 7.27. The molecule has 0 spiro atoms. The lowest BCUT2D eigenvalue weighted by Crippen LogP contribution is -2.23. The van der Waals surface area contributed by atoms with Gasteiger partial charge in [-0.1, -0.05) is 12.8 Å². The Morgan fingerprint density at radius 1 is 1.14 bits per heavy atom. The first-order chi connectivity index (χ1) is 10.3. The maximum atomic E-state index is 5.02. The molecule has 0 saturated heterocycles. The van der Waals surface area contributed by atoms with E-state index in [4.69, 9.17) is 4.98 Å². The number of aromatic nitrogens is 1. The first-order valence-electron chi connectivity index (χ1n) is 8.73. The first kappa shape index (κ1) is 14.0. The highest BCUT2D eigenvalue weighted by molar-refractivity contribution is 7.15. The van der Waals surface area contributed by atoms with Crippen LogP contribution in [0.5, 0.6) is 0 Å². The minimum absolute atomic E-state index is 0.769. The molecule has 0 aromatic carbocycles. The van der Waals surface area contributed by atoms with Gasteiger partial charge < -0.3 is 10.2 Å². The zero-order valence-corrected chi connectivity index (χ0v) is 13.9. The standard InChI is InChI=1S/C17H27N3S/c1-20(11-12-4-2-3-5-12)17-19-16(13-6-7-13)15(21-17)10-18-14-8-9-14/h12-14,18H,2-11H2,1H3. The minimum atomic E-state index is 0.769. The molecule has 0 aliphatic heterocycles. The number of hydrogen-bond donors (Lipinski definition) is 1. The first-order valence-corrected chi connectivity index (χ1v) is 9.55. The molecule has 3 nitrogen and oxygen atoms in total. The van der Waals surface area contributed by atoms with E-state index in [1.165, 1.54) is 73.6 Å². The molecule has 0 bridgehead atoms. The molecule has 0 atom stereocenters. The molecule has 0 unspecified atom stereocenters. The van der Waals surface area contributed by atoms with E-state index >= 15 is 0 Å². The summed E-state index contributed by atoms with van der Waals surface area (Å²) in [5.41, 5.74) is 1.42. The Bertz CT molecular complexity index is 484. The van der Waals surface area contributed by atoms with Crippen molar-refractivity contribution in [1.29, 1.82) is 0 Å². The highest BCUT2D eigenvalue weighted by Gasteiger charge is 2.31. The molecule has 1 N–H and O–H groups in total. The molecule has 4 rings (SSSR count). The van der Waals surface area contributed by atoms with E-state index in [-0.39, 0.29) is 0 Å². The van der Waals surface area contributed by atoms with Gasteiger partial charge in [0.1, 0.15) is 0 Å². The number of rotatable bonds is 7. The molecule has 21 heavy (non-hydrogen) atoms. The van der Waals surface area contributed by atoms with Crippen molar-refractivity contribution in [2.45, 2.75) is 69.9 Å². The van der Waals surface area contributed by atoms with Crippen LogP contribution in [0.15, 0.2) is 0 Å². The molecule has 1 heterocycles. The molecule has 116 valence electrons. The Morgan fingerprint density at radius 2 is 1.90 bits per heavy atom. The second-order valence-corrected chi connectivity index (χ2v) is 8.33. The fourth-order valence-electron chi connectivity index (χ4n) is 3.50. The maximum absolute atomic E-state index is 5.02. The minimum Gasteiger partial charge on any atom is -0.351 e. The Hall–Kier alpha value is -0.610. The summed E-state index contributed by atoms with van der Waals surface area (Å²) in [6.07, 6.45) is 11.1. The van der Waals surface area contributed by atoms with Gasteiger partial charge in [-0.15, -0.1) is 11.3 Å². The third-order valence-electron chi connectivity index (χ3n) is 5.14. The topological polar surface area (TPSA) is 28.2 Å². The van der Waals surface area contributed by atoms with Gasteiger partial charge in [-0.25, -0.2) is 4.98 Å². The van der Waals surface area contributed by atoms with Crippen LogP contribution in [0, 0.1) is 5.92 Å². The normalized spacial score (nSPS) is 22.9. The Balaban J connectivity index is 1.44. The SMILES string of the molecule is CN(CC1CCCC1)c1nc(C2CC2)c(CNC2CC2)s1. The molecule has 4 heteroatoms. The summed E-state index contributed by atoms with van der Waals surface area (Å²) >= 11 is 1.94. The summed E-state index contributed by atoms with van der Waals surface area (Å²) in [5, 5.41) is 4.93. The zero-order valence-electron chi connectivity index (χ0n) is 13.1. The lowest BCUT2D eigenvalue weighted by Gasteiger charge is -2.19. The van der Waals surface area contributed by atoms with Gasteiger partial charge >= 0.3 is 0 Å². The van der Waals surface area contributed by atoms with E-state index in [0.29, 0.717) is 0 Å². The van der Waals surface area contributed by atoms with Crippen LogP contribution in [-0.4, -0.2) is 24.6 Å². The smallest absolute Gasteiger partial charge is 0.185 e. The Morgan fingerprint density at radius 3 is 2.57 bits per heavy atom. The highest BCUT2D eigenvalue weighted by Crippen LogP contribution is 2.44. The van der Waals surface area contributed by atoms with Crippen LogP contribution in [0.2, 0.25) is 0 Å². The average Bonchev–Trinajstić information content (AvgIpc) is 3.40. The van der Waals surface area contributed by atoms with Gasteiger partial charge in [0.2, 0.25) is 0 Å². The molecular formula is C17H27N3S.